The van der Waals surface area contributed by atoms with Crippen molar-refractivity contribution in [1.82, 2.24) is 5.32 Å². The minimum atomic E-state index is -0.362. The van der Waals surface area contributed by atoms with Gasteiger partial charge in [-0.3, -0.25) is 0 Å². The van der Waals surface area contributed by atoms with Crippen LogP contribution in [-0.4, -0.2) is 30.8 Å². The number of hydrogen-bond donors (Lipinski definition) is 2. The number of nitrogens with one attached hydrogen (secondary N) is 1. The molecular formula is C11H19NO3. The number of esters is 1. The highest BCUT2D eigenvalue weighted by atomic mass is 16.5. The molecule has 0 bridgehead atoms. The number of ether oxygens (including phenoxy) is 1. The van der Waals surface area contributed by atoms with Gasteiger partial charge in [0.05, 0.1) is 7.11 Å². The van der Waals surface area contributed by atoms with E-state index in [1.54, 1.807) is 6.20 Å². The van der Waals surface area contributed by atoms with E-state index in [0.29, 0.717) is 5.92 Å². The quantitative estimate of drug-likeness (QED) is 0.536. The Hall–Kier alpha value is -1.03. The largest absolute Gasteiger partial charge is 0.466 e. The molecule has 0 saturated heterocycles. The second kappa shape index (κ2) is 6.45. The van der Waals surface area contributed by atoms with Crippen LogP contribution in [0.4, 0.5) is 0 Å². The molecular weight excluding hydrogens is 194 g/mol. The maximum atomic E-state index is 10.8. The van der Waals surface area contributed by atoms with Crippen molar-refractivity contribution in [3.8, 4) is 0 Å². The summed E-state index contributed by atoms with van der Waals surface area (Å²) in [5, 5.41) is 12.3. The zero-order valence-electron chi connectivity index (χ0n) is 9.11. The van der Waals surface area contributed by atoms with E-state index < -0.39 is 0 Å². The van der Waals surface area contributed by atoms with Crippen LogP contribution in [0.25, 0.3) is 0 Å². The number of hydrogen-bond acceptors (Lipinski definition) is 4. The highest BCUT2D eigenvalue weighted by Crippen LogP contribution is 2.23. The Morgan fingerprint density at radius 3 is 2.93 bits per heavy atom. The molecule has 15 heavy (non-hydrogen) atoms. The molecule has 1 aliphatic carbocycles. The maximum Gasteiger partial charge on any atom is 0.331 e. The first kappa shape index (κ1) is 12.0. The SMILES string of the molecule is COC(=O)/C=C/NC1CCCCC1CO. The third-order valence-electron chi connectivity index (χ3n) is 2.87. The molecule has 1 rings (SSSR count). The molecule has 0 spiro atoms. The Balaban J connectivity index is 2.35. The van der Waals surface area contributed by atoms with Crippen molar-refractivity contribution in [3.63, 3.8) is 0 Å². The topological polar surface area (TPSA) is 58.6 Å². The summed E-state index contributed by atoms with van der Waals surface area (Å²) in [5.41, 5.74) is 0. The Morgan fingerprint density at radius 2 is 2.27 bits per heavy atom. The van der Waals surface area contributed by atoms with Crippen molar-refractivity contribution >= 4 is 5.97 Å². The molecule has 1 fully saturated rings. The fraction of sp³-hybridized carbons (Fsp3) is 0.727. The van der Waals surface area contributed by atoms with Gasteiger partial charge in [0, 0.05) is 30.8 Å². The molecule has 2 N–H and O–H groups in total. The normalized spacial score (nSPS) is 26.5. The summed E-state index contributed by atoms with van der Waals surface area (Å²) in [6, 6.07) is 0.282. The molecule has 1 saturated carbocycles. The fourth-order valence-corrected chi connectivity index (χ4v) is 1.95. The lowest BCUT2D eigenvalue weighted by atomic mass is 9.85. The monoisotopic (exact) mass is 213 g/mol. The van der Waals surface area contributed by atoms with Crippen LogP contribution in [0.5, 0.6) is 0 Å². The van der Waals surface area contributed by atoms with E-state index in [1.165, 1.54) is 26.0 Å². The van der Waals surface area contributed by atoms with E-state index in [-0.39, 0.29) is 18.6 Å². The third kappa shape index (κ3) is 3.91. The standard InChI is InChI=1S/C11H19NO3/c1-15-11(14)6-7-12-10-5-3-2-4-9(10)8-13/h6-7,9-10,12-13H,2-5,8H2,1H3/b7-6+. The molecule has 4 heteroatoms. The van der Waals surface area contributed by atoms with Crippen molar-refractivity contribution < 1.29 is 14.6 Å². The number of carbonyl (C=O) groups is 1. The predicted molar refractivity (Wildman–Crippen MR) is 57.1 cm³/mol. The van der Waals surface area contributed by atoms with Crippen LogP contribution in [-0.2, 0) is 9.53 Å². The van der Waals surface area contributed by atoms with E-state index in [1.807, 2.05) is 0 Å². The predicted octanol–water partition coefficient (Wildman–Crippen LogP) is 0.814. The van der Waals surface area contributed by atoms with Gasteiger partial charge in [0.1, 0.15) is 0 Å². The zero-order chi connectivity index (χ0) is 11.1. The third-order valence-corrected chi connectivity index (χ3v) is 2.87. The Bertz CT molecular complexity index is 228. The van der Waals surface area contributed by atoms with Gasteiger partial charge < -0.3 is 15.2 Å². The number of methoxy groups -OCH3 is 1. The van der Waals surface area contributed by atoms with Crippen LogP contribution in [0.1, 0.15) is 25.7 Å². The second-order valence-electron chi connectivity index (χ2n) is 3.86. The Labute approximate surface area is 90.3 Å². The van der Waals surface area contributed by atoms with E-state index in [0.717, 1.165) is 12.8 Å². The fourth-order valence-electron chi connectivity index (χ4n) is 1.95. The number of rotatable bonds is 4. The zero-order valence-corrected chi connectivity index (χ0v) is 9.11. The van der Waals surface area contributed by atoms with Crippen LogP contribution in [0.2, 0.25) is 0 Å². The second-order valence-corrected chi connectivity index (χ2v) is 3.86. The molecule has 4 nitrogen and oxygen atoms in total. The highest BCUT2D eigenvalue weighted by Gasteiger charge is 2.22. The average molecular weight is 213 g/mol. The lowest BCUT2D eigenvalue weighted by Gasteiger charge is -2.30. The summed E-state index contributed by atoms with van der Waals surface area (Å²) in [5.74, 6) is -0.0556. The molecule has 86 valence electrons. The molecule has 0 aromatic rings. The van der Waals surface area contributed by atoms with Gasteiger partial charge in [-0.2, -0.15) is 0 Å². The van der Waals surface area contributed by atoms with Crippen molar-refractivity contribution in [1.29, 1.82) is 0 Å². The van der Waals surface area contributed by atoms with Crippen LogP contribution >= 0.6 is 0 Å². The van der Waals surface area contributed by atoms with Crippen molar-refractivity contribution in [2.45, 2.75) is 31.7 Å². The van der Waals surface area contributed by atoms with Crippen LogP contribution in [0, 0.1) is 5.92 Å². The van der Waals surface area contributed by atoms with E-state index in [4.69, 9.17) is 5.11 Å². The van der Waals surface area contributed by atoms with Crippen LogP contribution in [0.15, 0.2) is 12.3 Å². The first-order chi connectivity index (χ1) is 7.27. The minimum Gasteiger partial charge on any atom is -0.466 e. The molecule has 2 unspecified atom stereocenters. The van der Waals surface area contributed by atoms with Gasteiger partial charge >= 0.3 is 5.97 Å². The molecule has 0 aromatic carbocycles. The molecule has 1 aliphatic rings. The first-order valence-electron chi connectivity index (χ1n) is 5.39. The summed E-state index contributed by atoms with van der Waals surface area (Å²) in [6.45, 7) is 0.212. The molecule has 0 aromatic heterocycles. The van der Waals surface area contributed by atoms with Gasteiger partial charge in [-0.1, -0.05) is 12.8 Å². The molecule has 0 amide bonds. The van der Waals surface area contributed by atoms with Gasteiger partial charge in [0.2, 0.25) is 0 Å². The van der Waals surface area contributed by atoms with Crippen LogP contribution < -0.4 is 5.32 Å². The van der Waals surface area contributed by atoms with Crippen molar-refractivity contribution in [3.05, 3.63) is 12.3 Å². The summed E-state index contributed by atoms with van der Waals surface area (Å²) in [4.78, 5) is 10.8. The van der Waals surface area contributed by atoms with Crippen molar-refractivity contribution in [2.75, 3.05) is 13.7 Å². The molecule has 2 atom stereocenters. The van der Waals surface area contributed by atoms with Gasteiger partial charge in [-0.15, -0.1) is 0 Å². The minimum absolute atomic E-state index is 0.212. The maximum absolute atomic E-state index is 10.8. The molecule has 0 aliphatic heterocycles. The lowest BCUT2D eigenvalue weighted by molar-refractivity contribution is -0.134. The summed E-state index contributed by atoms with van der Waals surface area (Å²) >= 11 is 0. The van der Waals surface area contributed by atoms with Gasteiger partial charge in [0.25, 0.3) is 0 Å². The van der Waals surface area contributed by atoms with E-state index in [9.17, 15) is 4.79 Å². The lowest BCUT2D eigenvalue weighted by Crippen LogP contribution is -2.37. The highest BCUT2D eigenvalue weighted by molar-refractivity contribution is 5.81. The van der Waals surface area contributed by atoms with Crippen LogP contribution in [0.3, 0.4) is 0 Å². The van der Waals surface area contributed by atoms with Crippen molar-refractivity contribution in [2.24, 2.45) is 5.92 Å². The average Bonchev–Trinajstić information content (AvgIpc) is 2.29. The summed E-state index contributed by atoms with van der Waals surface area (Å²) in [7, 11) is 1.35. The Kier molecular flexibility index (Phi) is 5.18. The first-order valence-corrected chi connectivity index (χ1v) is 5.39. The number of aliphatic hydroxyl groups is 1. The van der Waals surface area contributed by atoms with E-state index >= 15 is 0 Å². The Morgan fingerprint density at radius 1 is 1.53 bits per heavy atom. The summed E-state index contributed by atoms with van der Waals surface area (Å²) < 4.78 is 4.48. The smallest absolute Gasteiger partial charge is 0.331 e. The summed E-state index contributed by atoms with van der Waals surface area (Å²) in [6.07, 6.45) is 7.45. The molecule has 0 radical (unpaired) electrons. The molecule has 0 heterocycles. The van der Waals surface area contributed by atoms with Gasteiger partial charge in [0.15, 0.2) is 0 Å². The van der Waals surface area contributed by atoms with E-state index in [2.05, 4.69) is 10.1 Å². The number of aliphatic hydroxyl groups excluding tert-OH is 1. The van der Waals surface area contributed by atoms with Gasteiger partial charge in [-0.05, 0) is 12.8 Å². The number of carbonyl (C=O) groups excluding carboxylic acids is 1. The van der Waals surface area contributed by atoms with Gasteiger partial charge in [-0.25, -0.2) is 4.79 Å².